The standard InChI is InChI=1S/C11H12ClNO5/c1-17-8-4-3-7(10(6-8)13(15)16)5-9(12)11(14)18-2/h3-4,6,9H,5H2,1-2H3. The first kappa shape index (κ1) is 14.2. The highest BCUT2D eigenvalue weighted by Gasteiger charge is 2.22. The third-order valence-corrected chi connectivity index (χ3v) is 2.68. The second-order valence-corrected chi connectivity index (χ2v) is 3.97. The smallest absolute Gasteiger partial charge is 0.324 e. The van der Waals surface area contributed by atoms with Gasteiger partial charge in [-0.25, -0.2) is 0 Å². The summed E-state index contributed by atoms with van der Waals surface area (Å²) in [5, 5.41) is 9.95. The van der Waals surface area contributed by atoms with E-state index in [1.807, 2.05) is 0 Å². The molecule has 1 aromatic carbocycles. The van der Waals surface area contributed by atoms with Crippen LogP contribution in [0.15, 0.2) is 18.2 Å². The van der Waals surface area contributed by atoms with Crippen molar-refractivity contribution in [2.75, 3.05) is 14.2 Å². The largest absolute Gasteiger partial charge is 0.497 e. The predicted molar refractivity (Wildman–Crippen MR) is 65.0 cm³/mol. The average molecular weight is 274 g/mol. The molecular formula is C11H12ClNO5. The van der Waals surface area contributed by atoms with Crippen molar-refractivity contribution < 1.29 is 19.2 Å². The number of esters is 1. The van der Waals surface area contributed by atoms with Crippen molar-refractivity contribution in [3.63, 3.8) is 0 Å². The minimum Gasteiger partial charge on any atom is -0.497 e. The van der Waals surface area contributed by atoms with Gasteiger partial charge in [-0.05, 0) is 12.1 Å². The maximum Gasteiger partial charge on any atom is 0.324 e. The summed E-state index contributed by atoms with van der Waals surface area (Å²) >= 11 is 5.79. The second-order valence-electron chi connectivity index (χ2n) is 3.45. The Morgan fingerprint density at radius 2 is 2.17 bits per heavy atom. The van der Waals surface area contributed by atoms with E-state index in [-0.39, 0.29) is 12.1 Å². The van der Waals surface area contributed by atoms with Crippen LogP contribution >= 0.6 is 11.6 Å². The lowest BCUT2D eigenvalue weighted by Gasteiger charge is -2.08. The Kier molecular flexibility index (Phi) is 4.91. The van der Waals surface area contributed by atoms with Gasteiger partial charge >= 0.3 is 5.97 Å². The zero-order valence-corrected chi connectivity index (χ0v) is 10.6. The fourth-order valence-corrected chi connectivity index (χ4v) is 1.67. The van der Waals surface area contributed by atoms with Gasteiger partial charge in [-0.1, -0.05) is 0 Å². The number of nitro groups is 1. The average Bonchev–Trinajstić information content (AvgIpc) is 2.37. The van der Waals surface area contributed by atoms with E-state index in [0.717, 1.165) is 0 Å². The van der Waals surface area contributed by atoms with Crippen LogP contribution in [0.1, 0.15) is 5.56 Å². The lowest BCUT2D eigenvalue weighted by molar-refractivity contribution is -0.385. The molecule has 0 radical (unpaired) electrons. The van der Waals surface area contributed by atoms with E-state index in [9.17, 15) is 14.9 Å². The molecule has 0 heterocycles. The maximum absolute atomic E-state index is 11.2. The summed E-state index contributed by atoms with van der Waals surface area (Å²) in [5.74, 6) is -0.253. The number of carbonyl (C=O) groups excluding carboxylic acids is 1. The zero-order chi connectivity index (χ0) is 13.7. The van der Waals surface area contributed by atoms with E-state index in [1.165, 1.54) is 26.4 Å². The molecule has 0 saturated heterocycles. The third kappa shape index (κ3) is 3.33. The van der Waals surface area contributed by atoms with Gasteiger partial charge in [0.15, 0.2) is 0 Å². The molecule has 0 fully saturated rings. The van der Waals surface area contributed by atoms with Gasteiger partial charge in [0.2, 0.25) is 0 Å². The zero-order valence-electron chi connectivity index (χ0n) is 9.88. The van der Waals surface area contributed by atoms with Crippen LogP contribution < -0.4 is 4.74 Å². The second kappa shape index (κ2) is 6.20. The van der Waals surface area contributed by atoms with Gasteiger partial charge in [-0.2, -0.15) is 0 Å². The Hall–Kier alpha value is -1.82. The summed E-state index contributed by atoms with van der Waals surface area (Å²) in [7, 11) is 2.62. The molecule has 0 spiro atoms. The number of rotatable bonds is 5. The number of carbonyl (C=O) groups is 1. The molecule has 1 aromatic rings. The number of alkyl halides is 1. The number of ether oxygens (including phenoxy) is 2. The summed E-state index contributed by atoms with van der Waals surface area (Å²) in [5.41, 5.74) is 0.218. The first-order chi connectivity index (χ1) is 8.49. The van der Waals surface area contributed by atoms with E-state index in [2.05, 4.69) is 4.74 Å². The molecule has 98 valence electrons. The molecule has 1 rings (SSSR count). The molecule has 6 nitrogen and oxygen atoms in total. The van der Waals surface area contributed by atoms with Crippen molar-refractivity contribution >= 4 is 23.3 Å². The van der Waals surface area contributed by atoms with Crippen LogP contribution in [0.2, 0.25) is 0 Å². The highest BCUT2D eigenvalue weighted by molar-refractivity contribution is 6.30. The van der Waals surface area contributed by atoms with Gasteiger partial charge in [0, 0.05) is 12.0 Å². The summed E-state index contributed by atoms with van der Waals surface area (Å²) in [4.78, 5) is 21.5. The molecule has 0 amide bonds. The van der Waals surface area contributed by atoms with Crippen LogP contribution in [-0.4, -0.2) is 30.5 Å². The molecule has 0 saturated carbocycles. The van der Waals surface area contributed by atoms with Gasteiger partial charge in [0.25, 0.3) is 5.69 Å². The molecule has 0 bridgehead atoms. The molecule has 0 aliphatic rings. The van der Waals surface area contributed by atoms with E-state index in [4.69, 9.17) is 16.3 Å². The molecular weight excluding hydrogens is 262 g/mol. The lowest BCUT2D eigenvalue weighted by atomic mass is 10.1. The van der Waals surface area contributed by atoms with Crippen LogP contribution in [0.4, 0.5) is 5.69 Å². The van der Waals surface area contributed by atoms with Crippen molar-refractivity contribution in [2.24, 2.45) is 0 Å². The van der Waals surface area contributed by atoms with Crippen molar-refractivity contribution in [1.82, 2.24) is 0 Å². The van der Waals surface area contributed by atoms with E-state index < -0.39 is 16.3 Å². The topological polar surface area (TPSA) is 78.7 Å². The summed E-state index contributed by atoms with van der Waals surface area (Å²) < 4.78 is 9.37. The van der Waals surface area contributed by atoms with Crippen molar-refractivity contribution in [3.8, 4) is 5.75 Å². The highest BCUT2D eigenvalue weighted by atomic mass is 35.5. The molecule has 18 heavy (non-hydrogen) atoms. The molecule has 1 unspecified atom stereocenters. The molecule has 0 aliphatic carbocycles. The van der Waals surface area contributed by atoms with Crippen molar-refractivity contribution in [3.05, 3.63) is 33.9 Å². The fraction of sp³-hybridized carbons (Fsp3) is 0.364. The monoisotopic (exact) mass is 273 g/mol. The van der Waals surface area contributed by atoms with Gasteiger partial charge < -0.3 is 9.47 Å². The Morgan fingerprint density at radius 3 is 2.67 bits per heavy atom. The van der Waals surface area contributed by atoms with E-state index in [1.54, 1.807) is 6.07 Å². The lowest BCUT2D eigenvalue weighted by Crippen LogP contribution is -2.19. The summed E-state index contributed by atoms with van der Waals surface area (Å²) in [6, 6.07) is 4.37. The van der Waals surface area contributed by atoms with Crippen LogP contribution in [0.5, 0.6) is 5.75 Å². The van der Waals surface area contributed by atoms with Gasteiger partial charge in [0.05, 0.1) is 25.2 Å². The molecule has 0 N–H and O–H groups in total. The third-order valence-electron chi connectivity index (χ3n) is 2.35. The Bertz CT molecular complexity index is 463. The maximum atomic E-state index is 11.2. The molecule has 1 atom stereocenters. The molecule has 7 heteroatoms. The number of nitro benzene ring substituents is 1. The van der Waals surface area contributed by atoms with E-state index >= 15 is 0 Å². The quantitative estimate of drug-likeness (QED) is 0.354. The fourth-order valence-electron chi connectivity index (χ4n) is 1.42. The normalized spacial score (nSPS) is 11.7. The number of benzene rings is 1. The van der Waals surface area contributed by atoms with Gasteiger partial charge in [0.1, 0.15) is 11.1 Å². The van der Waals surface area contributed by atoms with E-state index in [0.29, 0.717) is 11.3 Å². The number of halogens is 1. The van der Waals surface area contributed by atoms with Crippen LogP contribution in [0.3, 0.4) is 0 Å². The molecule has 0 aromatic heterocycles. The number of hydrogen-bond acceptors (Lipinski definition) is 5. The Morgan fingerprint density at radius 1 is 1.50 bits per heavy atom. The highest BCUT2D eigenvalue weighted by Crippen LogP contribution is 2.26. The van der Waals surface area contributed by atoms with Crippen LogP contribution in [0.25, 0.3) is 0 Å². The van der Waals surface area contributed by atoms with Crippen LogP contribution in [0, 0.1) is 10.1 Å². The summed E-state index contributed by atoms with van der Waals surface area (Å²) in [6.07, 6.45) is 0.0224. The minimum atomic E-state index is -0.956. The number of methoxy groups -OCH3 is 2. The van der Waals surface area contributed by atoms with Crippen molar-refractivity contribution in [1.29, 1.82) is 0 Å². The summed E-state index contributed by atoms with van der Waals surface area (Å²) in [6.45, 7) is 0. The Balaban J connectivity index is 3.01. The first-order valence-corrected chi connectivity index (χ1v) is 5.46. The Labute approximate surface area is 109 Å². The SMILES string of the molecule is COC(=O)C(Cl)Cc1ccc(OC)cc1[N+](=O)[O-]. The first-order valence-electron chi connectivity index (χ1n) is 5.02. The predicted octanol–water partition coefficient (Wildman–Crippen LogP) is 1.93. The minimum absolute atomic E-state index is 0.0224. The van der Waals surface area contributed by atoms with Crippen molar-refractivity contribution in [2.45, 2.75) is 11.8 Å². The number of hydrogen-bond donors (Lipinski definition) is 0. The number of nitrogens with zero attached hydrogens (tertiary/aromatic N) is 1. The van der Waals surface area contributed by atoms with Gasteiger partial charge in [-0.3, -0.25) is 14.9 Å². The van der Waals surface area contributed by atoms with Crippen LogP contribution in [-0.2, 0) is 16.0 Å². The van der Waals surface area contributed by atoms with Gasteiger partial charge in [-0.15, -0.1) is 11.6 Å². The molecule has 0 aliphatic heterocycles.